The predicted octanol–water partition coefficient (Wildman–Crippen LogP) is 4.77. The first-order valence-electron chi connectivity index (χ1n) is 11.8. The van der Waals surface area contributed by atoms with E-state index in [4.69, 9.17) is 4.74 Å². The van der Waals surface area contributed by atoms with Crippen molar-refractivity contribution >= 4 is 21.6 Å². The van der Waals surface area contributed by atoms with Crippen molar-refractivity contribution in [1.29, 1.82) is 0 Å². The molecule has 4 rings (SSSR count). The van der Waals surface area contributed by atoms with Crippen LogP contribution < -0.4 is 9.62 Å². The molecule has 196 valence electrons. The quantitative estimate of drug-likeness (QED) is 0.454. The molecule has 1 aliphatic heterocycles. The average Bonchev–Trinajstić information content (AvgIpc) is 2.91. The Labute approximate surface area is 214 Å². The summed E-state index contributed by atoms with van der Waals surface area (Å²) in [6, 6.07) is 20.9. The number of hydrogen-bond donors (Lipinski definition) is 1. The Morgan fingerprint density at radius 2 is 1.54 bits per heavy atom. The number of anilines is 1. The zero-order valence-corrected chi connectivity index (χ0v) is 20.8. The number of halogens is 3. The van der Waals surface area contributed by atoms with Crippen LogP contribution in [-0.2, 0) is 31.1 Å². The molecule has 0 aliphatic carbocycles. The van der Waals surface area contributed by atoms with Gasteiger partial charge in [0.25, 0.3) is 10.0 Å². The van der Waals surface area contributed by atoms with Crippen molar-refractivity contribution in [1.82, 2.24) is 5.32 Å². The predicted molar refractivity (Wildman–Crippen MR) is 134 cm³/mol. The largest absolute Gasteiger partial charge is 0.416 e. The highest BCUT2D eigenvalue weighted by Gasteiger charge is 2.36. The van der Waals surface area contributed by atoms with Crippen LogP contribution in [0.15, 0.2) is 89.8 Å². The van der Waals surface area contributed by atoms with Gasteiger partial charge in [-0.05, 0) is 48.7 Å². The molecule has 0 bridgehead atoms. The van der Waals surface area contributed by atoms with E-state index in [9.17, 15) is 26.4 Å². The van der Waals surface area contributed by atoms with E-state index in [0.717, 1.165) is 23.8 Å². The molecule has 1 heterocycles. The van der Waals surface area contributed by atoms with Crippen molar-refractivity contribution in [2.75, 3.05) is 30.6 Å². The minimum Gasteiger partial charge on any atom is -0.381 e. The number of nitrogens with zero attached hydrogens (tertiary/aromatic N) is 1. The van der Waals surface area contributed by atoms with Gasteiger partial charge in [-0.2, -0.15) is 13.2 Å². The summed E-state index contributed by atoms with van der Waals surface area (Å²) in [6.45, 7) is 0.591. The van der Waals surface area contributed by atoms with Gasteiger partial charge in [0.2, 0.25) is 5.91 Å². The second kappa shape index (κ2) is 10.9. The van der Waals surface area contributed by atoms with E-state index in [-0.39, 0.29) is 17.1 Å². The van der Waals surface area contributed by atoms with Gasteiger partial charge in [-0.25, -0.2) is 8.42 Å². The van der Waals surface area contributed by atoms with Crippen LogP contribution in [0.5, 0.6) is 0 Å². The van der Waals surface area contributed by atoms with Crippen LogP contribution in [0.3, 0.4) is 0 Å². The molecule has 0 aromatic heterocycles. The fraction of sp³-hybridized carbons (Fsp3) is 0.296. The summed E-state index contributed by atoms with van der Waals surface area (Å²) < 4.78 is 73.3. The highest BCUT2D eigenvalue weighted by atomic mass is 32.2. The standard InChI is InChI=1S/C27H27F3N2O4S/c28-27(29,30)22-10-7-11-23(18-22)32(37(34,35)24-12-5-2-6-13-24)19-25(33)31-20-26(14-16-36-17-15-26)21-8-3-1-4-9-21/h1-13,18H,14-17,19-20H2,(H,31,33). The third-order valence-corrected chi connectivity index (χ3v) is 8.33. The topological polar surface area (TPSA) is 75.7 Å². The normalized spacial score (nSPS) is 15.6. The van der Waals surface area contributed by atoms with E-state index in [0.29, 0.717) is 30.4 Å². The van der Waals surface area contributed by atoms with Crippen molar-refractivity contribution < 1.29 is 31.1 Å². The zero-order valence-electron chi connectivity index (χ0n) is 19.9. The maximum Gasteiger partial charge on any atom is 0.416 e. The summed E-state index contributed by atoms with van der Waals surface area (Å²) >= 11 is 0. The molecule has 1 fully saturated rings. The molecule has 0 unspecified atom stereocenters. The van der Waals surface area contributed by atoms with Crippen LogP contribution >= 0.6 is 0 Å². The maximum atomic E-state index is 13.5. The fourth-order valence-electron chi connectivity index (χ4n) is 4.45. The highest BCUT2D eigenvalue weighted by Crippen LogP contribution is 2.35. The molecular formula is C27H27F3N2O4S. The zero-order chi connectivity index (χ0) is 26.5. The molecular weight excluding hydrogens is 505 g/mol. The van der Waals surface area contributed by atoms with E-state index in [1.807, 2.05) is 30.3 Å². The third-order valence-electron chi connectivity index (χ3n) is 6.54. The van der Waals surface area contributed by atoms with Crippen LogP contribution in [0.1, 0.15) is 24.0 Å². The van der Waals surface area contributed by atoms with Gasteiger partial charge < -0.3 is 10.1 Å². The summed E-state index contributed by atoms with van der Waals surface area (Å²) in [5.41, 5.74) is -0.624. The van der Waals surface area contributed by atoms with Gasteiger partial charge in [0, 0.05) is 25.2 Å². The monoisotopic (exact) mass is 532 g/mol. The number of alkyl halides is 3. The summed E-state index contributed by atoms with van der Waals surface area (Å²) in [7, 11) is -4.34. The lowest BCUT2D eigenvalue weighted by Crippen LogP contribution is -2.48. The lowest BCUT2D eigenvalue weighted by Gasteiger charge is -2.38. The lowest BCUT2D eigenvalue weighted by atomic mass is 9.74. The van der Waals surface area contributed by atoms with Gasteiger partial charge >= 0.3 is 6.18 Å². The Morgan fingerprint density at radius 3 is 2.16 bits per heavy atom. The van der Waals surface area contributed by atoms with E-state index < -0.39 is 39.6 Å². The van der Waals surface area contributed by atoms with Crippen LogP contribution in [0.25, 0.3) is 0 Å². The average molecular weight is 533 g/mol. The maximum absolute atomic E-state index is 13.5. The van der Waals surface area contributed by atoms with E-state index in [1.165, 1.54) is 30.3 Å². The molecule has 0 saturated carbocycles. The van der Waals surface area contributed by atoms with Gasteiger partial charge in [0.05, 0.1) is 16.1 Å². The molecule has 0 spiro atoms. The van der Waals surface area contributed by atoms with Gasteiger partial charge in [-0.15, -0.1) is 0 Å². The summed E-state index contributed by atoms with van der Waals surface area (Å²) in [5, 5.41) is 2.84. The minimum atomic E-state index is -4.68. The Hall–Kier alpha value is -3.37. The fourth-order valence-corrected chi connectivity index (χ4v) is 5.88. The van der Waals surface area contributed by atoms with Crippen LogP contribution in [0.4, 0.5) is 18.9 Å². The van der Waals surface area contributed by atoms with Gasteiger partial charge in [0.15, 0.2) is 0 Å². The van der Waals surface area contributed by atoms with E-state index in [1.54, 1.807) is 6.07 Å². The van der Waals surface area contributed by atoms with E-state index >= 15 is 0 Å². The number of amides is 1. The number of carbonyl (C=O) groups excluding carboxylic acids is 1. The van der Waals surface area contributed by atoms with Crippen molar-refractivity contribution in [3.05, 3.63) is 96.1 Å². The molecule has 1 aliphatic rings. The van der Waals surface area contributed by atoms with Gasteiger partial charge in [0.1, 0.15) is 6.54 Å². The molecule has 37 heavy (non-hydrogen) atoms. The van der Waals surface area contributed by atoms with Gasteiger partial charge in [-0.1, -0.05) is 54.6 Å². The number of rotatable bonds is 8. The van der Waals surface area contributed by atoms with Crippen LogP contribution in [-0.4, -0.2) is 40.6 Å². The summed E-state index contributed by atoms with van der Waals surface area (Å²) in [6.07, 6.45) is -3.35. The Balaban J connectivity index is 1.62. The van der Waals surface area contributed by atoms with Crippen LogP contribution in [0.2, 0.25) is 0 Å². The molecule has 1 amide bonds. The third kappa shape index (κ3) is 6.14. The first kappa shape index (κ1) is 26.7. The SMILES string of the molecule is O=C(CN(c1cccc(C(F)(F)F)c1)S(=O)(=O)c1ccccc1)NCC1(c2ccccc2)CCOCC1. The number of ether oxygens (including phenoxy) is 1. The van der Waals surface area contributed by atoms with Crippen molar-refractivity contribution in [2.24, 2.45) is 0 Å². The smallest absolute Gasteiger partial charge is 0.381 e. The lowest BCUT2D eigenvalue weighted by molar-refractivity contribution is -0.137. The molecule has 10 heteroatoms. The van der Waals surface area contributed by atoms with Crippen LogP contribution in [0, 0.1) is 0 Å². The first-order valence-corrected chi connectivity index (χ1v) is 13.2. The Kier molecular flexibility index (Phi) is 7.89. The Bertz CT molecular complexity index is 1310. The number of carbonyl (C=O) groups is 1. The molecule has 6 nitrogen and oxygen atoms in total. The molecule has 3 aromatic rings. The summed E-state index contributed by atoms with van der Waals surface area (Å²) in [5.74, 6) is -0.626. The molecule has 1 saturated heterocycles. The number of hydrogen-bond acceptors (Lipinski definition) is 4. The second-order valence-corrected chi connectivity index (χ2v) is 10.8. The first-order chi connectivity index (χ1) is 17.6. The van der Waals surface area contributed by atoms with Crippen molar-refractivity contribution in [3.8, 4) is 0 Å². The molecule has 0 atom stereocenters. The van der Waals surface area contributed by atoms with Crippen molar-refractivity contribution in [3.63, 3.8) is 0 Å². The van der Waals surface area contributed by atoms with E-state index in [2.05, 4.69) is 5.32 Å². The van der Waals surface area contributed by atoms with Crippen molar-refractivity contribution in [2.45, 2.75) is 29.3 Å². The van der Waals surface area contributed by atoms with Gasteiger partial charge in [-0.3, -0.25) is 9.10 Å². The summed E-state index contributed by atoms with van der Waals surface area (Å²) in [4.78, 5) is 13.0. The second-order valence-electron chi connectivity index (χ2n) is 8.91. The minimum absolute atomic E-state index is 0.134. The number of sulfonamides is 1. The number of nitrogens with one attached hydrogen (secondary N) is 1. The highest BCUT2D eigenvalue weighted by molar-refractivity contribution is 7.92. The molecule has 3 aromatic carbocycles. The molecule has 0 radical (unpaired) electrons. The Morgan fingerprint density at radius 1 is 0.919 bits per heavy atom. The number of benzene rings is 3. The molecule has 1 N–H and O–H groups in total.